The van der Waals surface area contributed by atoms with E-state index in [1.54, 1.807) is 6.07 Å². The van der Waals surface area contributed by atoms with E-state index in [-0.39, 0.29) is 5.82 Å². The minimum absolute atomic E-state index is 0.142. The fraction of sp³-hybridized carbons (Fsp3) is 0.455. The Morgan fingerprint density at radius 1 is 1.50 bits per heavy atom. The Morgan fingerprint density at radius 2 is 2.29 bits per heavy atom. The summed E-state index contributed by atoms with van der Waals surface area (Å²) in [6.07, 6.45) is 0. The van der Waals surface area contributed by atoms with Crippen molar-refractivity contribution < 1.29 is 4.39 Å². The third-order valence-corrected chi connectivity index (χ3v) is 3.88. The average molecular weight is 211 g/mol. The van der Waals surface area contributed by atoms with Crippen LogP contribution in [0.3, 0.4) is 0 Å². The van der Waals surface area contributed by atoms with Crippen molar-refractivity contribution in [2.45, 2.75) is 11.8 Å². The lowest BCUT2D eigenvalue weighted by Crippen LogP contribution is -2.43. The van der Waals surface area contributed by atoms with Crippen LogP contribution < -0.4 is 5.32 Å². The fourth-order valence-corrected chi connectivity index (χ4v) is 2.55. The molecule has 1 aliphatic heterocycles. The van der Waals surface area contributed by atoms with Crippen LogP contribution in [0, 0.1) is 18.7 Å². The van der Waals surface area contributed by atoms with Gasteiger partial charge in [-0.25, -0.2) is 4.39 Å². The second kappa shape index (κ2) is 4.32. The van der Waals surface area contributed by atoms with Gasteiger partial charge in [0.05, 0.1) is 0 Å². The highest BCUT2D eigenvalue weighted by Gasteiger charge is 2.16. The molecule has 1 heterocycles. The van der Waals surface area contributed by atoms with Gasteiger partial charge in [0.25, 0.3) is 0 Å². The molecule has 1 aromatic rings. The summed E-state index contributed by atoms with van der Waals surface area (Å²) < 4.78 is 12.8. The predicted molar refractivity (Wildman–Crippen MR) is 58.2 cm³/mol. The molecule has 2 rings (SSSR count). The summed E-state index contributed by atoms with van der Waals surface area (Å²) in [4.78, 5) is 1.21. The topological polar surface area (TPSA) is 12.0 Å². The van der Waals surface area contributed by atoms with Crippen molar-refractivity contribution in [3.8, 4) is 0 Å². The van der Waals surface area contributed by atoms with Gasteiger partial charge in [-0.15, -0.1) is 11.8 Å². The molecule has 0 spiro atoms. The Bertz CT molecular complexity index is 323. The summed E-state index contributed by atoms with van der Waals surface area (Å²) in [6, 6.07) is 5.01. The normalized spacial score (nSPS) is 16.7. The molecule has 14 heavy (non-hydrogen) atoms. The standard InChI is InChI=1S/C11H14FNS/c1-8-4-10(12)2-3-11(8)14-7-9-5-13-6-9/h2-4,9,13H,5-7H2,1H3. The molecule has 1 saturated heterocycles. The monoisotopic (exact) mass is 211 g/mol. The van der Waals surface area contributed by atoms with Gasteiger partial charge in [-0.2, -0.15) is 0 Å². The Labute approximate surface area is 88.1 Å². The van der Waals surface area contributed by atoms with Crippen LogP contribution in [-0.2, 0) is 0 Å². The lowest BCUT2D eigenvalue weighted by atomic mass is 10.1. The summed E-state index contributed by atoms with van der Waals surface area (Å²) in [5.74, 6) is 1.79. The highest BCUT2D eigenvalue weighted by Crippen LogP contribution is 2.25. The molecule has 1 N–H and O–H groups in total. The van der Waals surface area contributed by atoms with Gasteiger partial charge in [-0.3, -0.25) is 0 Å². The van der Waals surface area contributed by atoms with Crippen LogP contribution >= 0.6 is 11.8 Å². The van der Waals surface area contributed by atoms with E-state index in [1.807, 2.05) is 24.8 Å². The highest BCUT2D eigenvalue weighted by atomic mass is 32.2. The first kappa shape index (κ1) is 9.99. The molecule has 1 fully saturated rings. The minimum atomic E-state index is -0.142. The van der Waals surface area contributed by atoms with Crippen molar-refractivity contribution >= 4 is 11.8 Å². The molecule has 0 aromatic heterocycles. The van der Waals surface area contributed by atoms with Gasteiger partial charge < -0.3 is 5.32 Å². The predicted octanol–water partition coefficient (Wildman–Crippen LogP) is 2.45. The number of hydrogen-bond donors (Lipinski definition) is 1. The average Bonchev–Trinajstić information content (AvgIpc) is 2.05. The molecule has 0 unspecified atom stereocenters. The summed E-state index contributed by atoms with van der Waals surface area (Å²) in [6.45, 7) is 4.23. The molecule has 1 aliphatic rings. The number of hydrogen-bond acceptors (Lipinski definition) is 2. The van der Waals surface area contributed by atoms with Crippen LogP contribution in [0.1, 0.15) is 5.56 Å². The van der Waals surface area contributed by atoms with Crippen molar-refractivity contribution in [2.75, 3.05) is 18.8 Å². The fourth-order valence-electron chi connectivity index (χ4n) is 1.45. The Morgan fingerprint density at radius 3 is 2.86 bits per heavy atom. The molecule has 1 aromatic carbocycles. The van der Waals surface area contributed by atoms with E-state index in [0.29, 0.717) is 0 Å². The number of halogens is 1. The van der Waals surface area contributed by atoms with Gasteiger partial charge >= 0.3 is 0 Å². The largest absolute Gasteiger partial charge is 0.316 e. The summed E-state index contributed by atoms with van der Waals surface area (Å²) in [5, 5.41) is 3.25. The van der Waals surface area contributed by atoms with E-state index in [0.717, 1.165) is 30.3 Å². The minimum Gasteiger partial charge on any atom is -0.316 e. The van der Waals surface area contributed by atoms with Crippen LogP contribution in [-0.4, -0.2) is 18.8 Å². The quantitative estimate of drug-likeness (QED) is 0.771. The second-order valence-electron chi connectivity index (χ2n) is 3.75. The maximum absolute atomic E-state index is 12.8. The lowest BCUT2D eigenvalue weighted by Gasteiger charge is -2.26. The summed E-state index contributed by atoms with van der Waals surface area (Å²) in [5.41, 5.74) is 1.04. The molecule has 0 atom stereocenters. The van der Waals surface area contributed by atoms with Gasteiger partial charge in [0.1, 0.15) is 5.82 Å². The van der Waals surface area contributed by atoms with Crippen LogP contribution in [0.15, 0.2) is 23.1 Å². The number of thioether (sulfide) groups is 1. The van der Waals surface area contributed by atoms with Crippen LogP contribution in [0.4, 0.5) is 4.39 Å². The van der Waals surface area contributed by atoms with Gasteiger partial charge in [-0.1, -0.05) is 0 Å². The van der Waals surface area contributed by atoms with Crippen molar-refractivity contribution in [2.24, 2.45) is 5.92 Å². The van der Waals surface area contributed by atoms with Crippen LogP contribution in [0.25, 0.3) is 0 Å². The highest BCUT2D eigenvalue weighted by molar-refractivity contribution is 7.99. The van der Waals surface area contributed by atoms with E-state index in [2.05, 4.69) is 5.32 Å². The maximum Gasteiger partial charge on any atom is 0.123 e. The molecule has 76 valence electrons. The number of nitrogens with one attached hydrogen (secondary N) is 1. The van der Waals surface area contributed by atoms with Gasteiger partial charge in [0.2, 0.25) is 0 Å². The SMILES string of the molecule is Cc1cc(F)ccc1SCC1CNC1. The van der Waals surface area contributed by atoms with E-state index in [1.165, 1.54) is 11.0 Å². The Kier molecular flexibility index (Phi) is 3.08. The van der Waals surface area contributed by atoms with Crippen LogP contribution in [0.2, 0.25) is 0 Å². The molecule has 0 radical (unpaired) electrons. The van der Waals surface area contributed by atoms with E-state index in [4.69, 9.17) is 0 Å². The number of benzene rings is 1. The summed E-state index contributed by atoms with van der Waals surface area (Å²) >= 11 is 1.83. The molecule has 3 heteroatoms. The molecule has 0 bridgehead atoms. The van der Waals surface area contributed by atoms with Crippen LogP contribution in [0.5, 0.6) is 0 Å². The van der Waals surface area contributed by atoms with Gasteiger partial charge in [-0.05, 0) is 49.7 Å². The van der Waals surface area contributed by atoms with Crippen molar-refractivity contribution in [3.63, 3.8) is 0 Å². The van der Waals surface area contributed by atoms with E-state index < -0.39 is 0 Å². The second-order valence-corrected chi connectivity index (χ2v) is 4.81. The Balaban J connectivity index is 1.94. The third-order valence-electron chi connectivity index (χ3n) is 2.48. The lowest BCUT2D eigenvalue weighted by molar-refractivity contribution is 0.385. The Hall–Kier alpha value is -0.540. The zero-order chi connectivity index (χ0) is 9.97. The molecular formula is C11H14FNS. The first-order valence-corrected chi connectivity index (χ1v) is 5.84. The van der Waals surface area contributed by atoms with Gasteiger partial charge in [0, 0.05) is 10.6 Å². The first-order valence-electron chi connectivity index (χ1n) is 4.85. The molecule has 0 saturated carbocycles. The van der Waals surface area contributed by atoms with Gasteiger partial charge in [0.15, 0.2) is 0 Å². The first-order chi connectivity index (χ1) is 6.75. The number of aryl methyl sites for hydroxylation is 1. The maximum atomic E-state index is 12.8. The van der Waals surface area contributed by atoms with E-state index >= 15 is 0 Å². The molecule has 0 amide bonds. The third kappa shape index (κ3) is 2.28. The van der Waals surface area contributed by atoms with Crippen molar-refractivity contribution in [1.82, 2.24) is 5.32 Å². The number of rotatable bonds is 3. The molecule has 0 aliphatic carbocycles. The molecular weight excluding hydrogens is 197 g/mol. The smallest absolute Gasteiger partial charge is 0.123 e. The summed E-state index contributed by atoms with van der Waals surface area (Å²) in [7, 11) is 0. The van der Waals surface area contributed by atoms with Crippen molar-refractivity contribution in [3.05, 3.63) is 29.6 Å². The van der Waals surface area contributed by atoms with Crippen molar-refractivity contribution in [1.29, 1.82) is 0 Å². The van der Waals surface area contributed by atoms with E-state index in [9.17, 15) is 4.39 Å². The zero-order valence-corrected chi connectivity index (χ0v) is 9.03. The zero-order valence-electron chi connectivity index (χ0n) is 8.22. The molecule has 1 nitrogen and oxygen atoms in total.